The van der Waals surface area contributed by atoms with Gasteiger partial charge in [0, 0.05) is 29.7 Å². The lowest BCUT2D eigenvalue weighted by atomic mass is 9.74. The molecule has 2 atom stereocenters. The Morgan fingerprint density at radius 1 is 1.16 bits per heavy atom. The van der Waals surface area contributed by atoms with Gasteiger partial charge in [0.1, 0.15) is 17.3 Å². The van der Waals surface area contributed by atoms with Gasteiger partial charge in [0.2, 0.25) is 0 Å². The Labute approximate surface area is 218 Å². The van der Waals surface area contributed by atoms with Crippen molar-refractivity contribution < 1.29 is 23.1 Å². The van der Waals surface area contributed by atoms with Crippen molar-refractivity contribution in [2.75, 3.05) is 31.1 Å². The Balaban J connectivity index is 1.32. The number of fused-ring (bicyclic) bond motifs is 2. The predicted molar refractivity (Wildman–Crippen MR) is 140 cm³/mol. The number of alkyl carbamates (subject to hydrolysis) is 1. The van der Waals surface area contributed by atoms with E-state index in [-0.39, 0.29) is 29.3 Å². The lowest BCUT2D eigenvalue weighted by Gasteiger charge is -2.43. The number of carbonyl (C=O) groups is 2. The Morgan fingerprint density at radius 3 is 2.62 bits per heavy atom. The molecule has 2 aliphatic heterocycles. The molecule has 3 aliphatic rings. The molecule has 2 aromatic rings. The van der Waals surface area contributed by atoms with E-state index in [1.165, 1.54) is 6.07 Å². The first kappa shape index (κ1) is 25.8. The lowest BCUT2D eigenvalue weighted by molar-refractivity contribution is 0.0933. The average molecular weight is 512 g/mol. The minimum Gasteiger partial charge on any atom is -0.466 e. The molecule has 1 spiro atoms. The van der Waals surface area contributed by atoms with Gasteiger partial charge in [-0.05, 0) is 95.8 Å². The predicted octanol–water partition coefficient (Wildman–Crippen LogP) is 5.48. The molecular formula is C29H38FN3O4. The monoisotopic (exact) mass is 511 g/mol. The van der Waals surface area contributed by atoms with E-state index in [2.05, 4.69) is 10.2 Å². The Kier molecular flexibility index (Phi) is 7.30. The topological polar surface area (TPSA) is 75.0 Å². The van der Waals surface area contributed by atoms with E-state index < -0.39 is 0 Å². The van der Waals surface area contributed by atoms with Crippen LogP contribution in [0.3, 0.4) is 0 Å². The molecule has 2 amide bonds. The molecule has 8 heteroatoms. The molecule has 1 aromatic heterocycles. The largest absolute Gasteiger partial charge is 0.466 e. The van der Waals surface area contributed by atoms with Crippen LogP contribution in [0.25, 0.3) is 0 Å². The number of furan rings is 1. The van der Waals surface area contributed by atoms with Crippen LogP contribution >= 0.6 is 0 Å². The van der Waals surface area contributed by atoms with Crippen LogP contribution in [0.2, 0.25) is 0 Å². The van der Waals surface area contributed by atoms with Crippen LogP contribution < -0.4 is 10.2 Å². The highest BCUT2D eigenvalue weighted by atomic mass is 19.1. The molecule has 1 aliphatic carbocycles. The third-order valence-corrected chi connectivity index (χ3v) is 8.56. The maximum Gasteiger partial charge on any atom is 0.407 e. The van der Waals surface area contributed by atoms with Gasteiger partial charge in [-0.25, -0.2) is 9.18 Å². The molecule has 5 rings (SSSR count). The zero-order valence-electron chi connectivity index (χ0n) is 22.1. The second-order valence-electron chi connectivity index (χ2n) is 10.9. The van der Waals surface area contributed by atoms with Crippen molar-refractivity contribution in [2.24, 2.45) is 0 Å². The number of carbonyl (C=O) groups excluding carboxylic acids is 2. The van der Waals surface area contributed by atoms with E-state index in [0.29, 0.717) is 36.3 Å². The molecule has 0 radical (unpaired) electrons. The van der Waals surface area contributed by atoms with Gasteiger partial charge < -0.3 is 24.3 Å². The van der Waals surface area contributed by atoms with Crippen molar-refractivity contribution in [1.29, 1.82) is 0 Å². The Hall–Kier alpha value is -2.87. The summed E-state index contributed by atoms with van der Waals surface area (Å²) in [6, 6.07) is 7.15. The van der Waals surface area contributed by atoms with E-state index in [0.717, 1.165) is 69.3 Å². The summed E-state index contributed by atoms with van der Waals surface area (Å²) in [5.74, 6) is 0.975. The minimum absolute atomic E-state index is 0.0850. The number of hydrogen-bond acceptors (Lipinski definition) is 5. The molecule has 2 fully saturated rings. The SMILES string of the molecule is CCOC(=O)NC1CCCCC(N2CCC3(CC2)CN(C(=O)c2cc(C)oc2C)c2ccc(F)cc23)C1. The zero-order valence-corrected chi connectivity index (χ0v) is 22.1. The van der Waals surface area contributed by atoms with Crippen LogP contribution in [0.1, 0.15) is 79.3 Å². The molecular weight excluding hydrogens is 473 g/mol. The number of piperidine rings is 1. The highest BCUT2D eigenvalue weighted by Crippen LogP contribution is 2.48. The van der Waals surface area contributed by atoms with Gasteiger partial charge in [0.05, 0.1) is 12.2 Å². The van der Waals surface area contributed by atoms with Crippen LogP contribution in [-0.2, 0) is 10.2 Å². The molecule has 0 bridgehead atoms. The average Bonchev–Trinajstić information content (AvgIpc) is 3.25. The lowest BCUT2D eigenvalue weighted by Crippen LogP contribution is -2.50. The van der Waals surface area contributed by atoms with Crippen LogP contribution in [0.5, 0.6) is 0 Å². The van der Waals surface area contributed by atoms with E-state index in [4.69, 9.17) is 9.15 Å². The van der Waals surface area contributed by atoms with Gasteiger partial charge in [0.15, 0.2) is 0 Å². The normalized spacial score (nSPS) is 23.5. The fourth-order valence-electron chi connectivity index (χ4n) is 6.69. The van der Waals surface area contributed by atoms with Gasteiger partial charge in [0.25, 0.3) is 5.91 Å². The van der Waals surface area contributed by atoms with Gasteiger partial charge in [-0.3, -0.25) is 4.79 Å². The molecule has 2 unspecified atom stereocenters. The van der Waals surface area contributed by atoms with Crippen LogP contribution in [-0.4, -0.2) is 55.2 Å². The number of rotatable bonds is 4. The second kappa shape index (κ2) is 10.5. The number of amides is 2. The van der Waals surface area contributed by atoms with Gasteiger partial charge in [-0.1, -0.05) is 12.8 Å². The van der Waals surface area contributed by atoms with E-state index in [1.807, 2.05) is 25.7 Å². The summed E-state index contributed by atoms with van der Waals surface area (Å²) < 4.78 is 25.2. The Bertz CT molecular complexity index is 1150. The summed E-state index contributed by atoms with van der Waals surface area (Å²) in [7, 11) is 0. The molecule has 1 aromatic carbocycles. The highest BCUT2D eigenvalue weighted by molar-refractivity contribution is 6.08. The summed E-state index contributed by atoms with van der Waals surface area (Å²) in [6.07, 6.45) is 6.65. The summed E-state index contributed by atoms with van der Waals surface area (Å²) >= 11 is 0. The molecule has 1 saturated heterocycles. The summed E-state index contributed by atoms with van der Waals surface area (Å²) in [5, 5.41) is 3.06. The molecule has 1 saturated carbocycles. The maximum atomic E-state index is 14.5. The number of benzene rings is 1. The Morgan fingerprint density at radius 2 is 1.92 bits per heavy atom. The van der Waals surface area contributed by atoms with Crippen LogP contribution in [0.4, 0.5) is 14.9 Å². The number of ether oxygens (including phenoxy) is 1. The number of anilines is 1. The molecule has 37 heavy (non-hydrogen) atoms. The third kappa shape index (κ3) is 5.13. The standard InChI is InChI=1S/C29H38FN3O4/c1-4-36-28(35)31-22-7-5-6-8-23(17-22)32-13-11-29(12-14-32)18-33(26-10-9-21(30)16-25(26)29)27(34)24-15-19(2)37-20(24)3/h9-10,15-16,22-23H,4-8,11-14,17-18H2,1-3H3,(H,31,35). The van der Waals surface area contributed by atoms with E-state index in [1.54, 1.807) is 18.2 Å². The number of hydrogen-bond donors (Lipinski definition) is 1. The second-order valence-corrected chi connectivity index (χ2v) is 10.9. The molecule has 200 valence electrons. The summed E-state index contributed by atoms with van der Waals surface area (Å²) in [5.41, 5.74) is 2.07. The molecule has 3 heterocycles. The smallest absolute Gasteiger partial charge is 0.407 e. The third-order valence-electron chi connectivity index (χ3n) is 8.56. The minimum atomic E-state index is -0.330. The van der Waals surface area contributed by atoms with Crippen molar-refractivity contribution in [2.45, 2.75) is 83.2 Å². The molecule has 1 N–H and O–H groups in total. The van der Waals surface area contributed by atoms with Crippen LogP contribution in [0, 0.1) is 19.7 Å². The summed E-state index contributed by atoms with van der Waals surface area (Å²) in [6.45, 7) is 8.17. The van der Waals surface area contributed by atoms with Crippen LogP contribution in [0.15, 0.2) is 28.7 Å². The van der Waals surface area contributed by atoms with Crippen molar-refractivity contribution in [1.82, 2.24) is 10.2 Å². The number of halogens is 1. The first-order valence-electron chi connectivity index (χ1n) is 13.7. The van der Waals surface area contributed by atoms with E-state index >= 15 is 0 Å². The van der Waals surface area contributed by atoms with E-state index in [9.17, 15) is 14.0 Å². The van der Waals surface area contributed by atoms with Gasteiger partial charge in [-0.2, -0.15) is 0 Å². The van der Waals surface area contributed by atoms with Gasteiger partial charge in [-0.15, -0.1) is 0 Å². The first-order valence-corrected chi connectivity index (χ1v) is 13.7. The fraction of sp³-hybridized carbons (Fsp3) is 0.586. The highest BCUT2D eigenvalue weighted by Gasteiger charge is 2.47. The maximum absolute atomic E-state index is 14.5. The fourth-order valence-corrected chi connectivity index (χ4v) is 6.69. The van der Waals surface area contributed by atoms with Crippen molar-refractivity contribution in [3.05, 3.63) is 52.7 Å². The zero-order chi connectivity index (χ0) is 26.2. The van der Waals surface area contributed by atoms with Crippen molar-refractivity contribution in [3.63, 3.8) is 0 Å². The summed E-state index contributed by atoms with van der Waals surface area (Å²) in [4.78, 5) is 30.0. The van der Waals surface area contributed by atoms with Crippen molar-refractivity contribution >= 4 is 17.7 Å². The number of nitrogens with zero attached hydrogens (tertiary/aromatic N) is 2. The number of aryl methyl sites for hydroxylation is 2. The quantitative estimate of drug-likeness (QED) is 0.551. The van der Waals surface area contributed by atoms with Crippen molar-refractivity contribution in [3.8, 4) is 0 Å². The first-order chi connectivity index (χ1) is 17.8. The van der Waals surface area contributed by atoms with Gasteiger partial charge >= 0.3 is 6.09 Å². The number of likely N-dealkylation sites (tertiary alicyclic amines) is 1. The number of nitrogens with one attached hydrogen (secondary N) is 1. The molecule has 7 nitrogen and oxygen atoms in total.